The number of piperidine rings is 1. The van der Waals surface area contributed by atoms with Crippen molar-refractivity contribution in [3.63, 3.8) is 0 Å². The SMILES string of the molecule is O=C1CCC(N2C(=O)c3cccc(NCCOCCOCCOCCOCCOCCOCCOCCOCCCl)c3C2=O)C(=O)N1. The molecule has 47 heavy (non-hydrogen) atoms. The Hall–Kier alpha value is -2.73. The number of nitrogens with one attached hydrogen (secondary N) is 2. The van der Waals surface area contributed by atoms with Gasteiger partial charge in [0.15, 0.2) is 0 Å². The van der Waals surface area contributed by atoms with Crippen LogP contribution in [-0.4, -0.2) is 153 Å². The van der Waals surface area contributed by atoms with Crippen molar-refractivity contribution in [1.29, 1.82) is 0 Å². The lowest BCUT2D eigenvalue weighted by atomic mass is 10.0. The van der Waals surface area contributed by atoms with E-state index in [1.54, 1.807) is 18.2 Å². The van der Waals surface area contributed by atoms with Crippen LogP contribution in [0.2, 0.25) is 0 Å². The molecule has 1 atom stereocenters. The second kappa shape index (κ2) is 23.6. The Morgan fingerprint density at radius 2 is 1.13 bits per heavy atom. The van der Waals surface area contributed by atoms with E-state index in [9.17, 15) is 19.2 Å². The van der Waals surface area contributed by atoms with Gasteiger partial charge in [-0.05, 0) is 18.6 Å². The van der Waals surface area contributed by atoms with Crippen molar-refractivity contribution in [3.05, 3.63) is 29.3 Å². The molecule has 4 amide bonds. The highest BCUT2D eigenvalue weighted by Gasteiger charge is 2.45. The van der Waals surface area contributed by atoms with E-state index < -0.39 is 29.7 Å². The minimum atomic E-state index is -1.01. The van der Waals surface area contributed by atoms with Crippen molar-refractivity contribution in [1.82, 2.24) is 10.2 Å². The fourth-order valence-electron chi connectivity index (χ4n) is 4.62. The minimum absolute atomic E-state index is 0.0681. The fraction of sp³-hybridized carbons (Fsp3) is 0.677. The fourth-order valence-corrected chi connectivity index (χ4v) is 4.73. The molecular formula is C31H46ClN3O12. The first kappa shape index (κ1) is 38.7. The maximum Gasteiger partial charge on any atom is 0.264 e. The van der Waals surface area contributed by atoms with Crippen molar-refractivity contribution >= 4 is 40.9 Å². The molecule has 15 nitrogen and oxygen atoms in total. The molecule has 0 aliphatic carbocycles. The molecule has 0 bridgehead atoms. The van der Waals surface area contributed by atoms with Gasteiger partial charge in [0.2, 0.25) is 11.8 Å². The normalized spacial score (nSPS) is 16.2. The van der Waals surface area contributed by atoms with Crippen molar-refractivity contribution in [3.8, 4) is 0 Å². The van der Waals surface area contributed by atoms with E-state index in [1.165, 1.54) is 0 Å². The quantitative estimate of drug-likeness (QED) is 0.0724. The predicted molar refractivity (Wildman–Crippen MR) is 169 cm³/mol. The average molecular weight is 688 g/mol. The number of nitrogens with zero attached hydrogens (tertiary/aromatic N) is 1. The van der Waals surface area contributed by atoms with Gasteiger partial charge in [0.1, 0.15) is 6.04 Å². The Morgan fingerprint density at radius 3 is 1.60 bits per heavy atom. The lowest BCUT2D eigenvalue weighted by molar-refractivity contribution is -0.136. The Morgan fingerprint density at radius 1 is 0.660 bits per heavy atom. The predicted octanol–water partition coefficient (Wildman–Crippen LogP) is 0.871. The van der Waals surface area contributed by atoms with Gasteiger partial charge in [0, 0.05) is 24.5 Å². The number of anilines is 1. The summed E-state index contributed by atoms with van der Waals surface area (Å²) in [5, 5.41) is 5.32. The van der Waals surface area contributed by atoms with Crippen LogP contribution in [0.15, 0.2) is 18.2 Å². The number of imide groups is 2. The zero-order chi connectivity index (χ0) is 33.5. The molecule has 1 fully saturated rings. The summed E-state index contributed by atoms with van der Waals surface area (Å²) >= 11 is 5.51. The third-order valence-electron chi connectivity index (χ3n) is 6.86. The van der Waals surface area contributed by atoms with Crippen LogP contribution < -0.4 is 10.6 Å². The van der Waals surface area contributed by atoms with Crippen molar-refractivity contribution < 1.29 is 57.1 Å². The lowest BCUT2D eigenvalue weighted by Crippen LogP contribution is -2.54. The Labute approximate surface area is 279 Å². The van der Waals surface area contributed by atoms with Crippen LogP contribution in [-0.2, 0) is 47.5 Å². The van der Waals surface area contributed by atoms with Gasteiger partial charge in [-0.1, -0.05) is 6.07 Å². The molecule has 1 aromatic carbocycles. The summed E-state index contributed by atoms with van der Waals surface area (Å²) in [4.78, 5) is 50.7. The Balaban J connectivity index is 1.09. The largest absolute Gasteiger partial charge is 0.382 e. The molecule has 1 unspecified atom stereocenters. The Kier molecular flexibility index (Phi) is 19.4. The van der Waals surface area contributed by atoms with Crippen LogP contribution in [0.3, 0.4) is 0 Å². The molecule has 1 saturated heterocycles. The molecule has 0 radical (unpaired) electrons. The van der Waals surface area contributed by atoms with Gasteiger partial charge in [0.05, 0.1) is 117 Å². The third-order valence-corrected chi connectivity index (χ3v) is 7.01. The van der Waals surface area contributed by atoms with Crippen LogP contribution >= 0.6 is 11.6 Å². The maximum absolute atomic E-state index is 13.1. The summed E-state index contributed by atoms with van der Waals surface area (Å²) in [6.07, 6.45) is 0.174. The van der Waals surface area contributed by atoms with E-state index in [0.717, 1.165) is 4.90 Å². The van der Waals surface area contributed by atoms with Gasteiger partial charge in [-0.3, -0.25) is 29.4 Å². The number of rotatable bonds is 28. The zero-order valence-corrected chi connectivity index (χ0v) is 27.4. The topological polar surface area (TPSA) is 169 Å². The highest BCUT2D eigenvalue weighted by atomic mass is 35.5. The molecule has 2 heterocycles. The van der Waals surface area contributed by atoms with Crippen LogP contribution in [0.1, 0.15) is 33.6 Å². The van der Waals surface area contributed by atoms with Crippen LogP contribution in [0.4, 0.5) is 5.69 Å². The number of amides is 4. The van der Waals surface area contributed by atoms with Gasteiger partial charge in [-0.15, -0.1) is 11.6 Å². The van der Waals surface area contributed by atoms with Gasteiger partial charge in [-0.2, -0.15) is 0 Å². The Bertz CT molecular complexity index is 1110. The molecule has 0 spiro atoms. The molecular weight excluding hydrogens is 642 g/mol. The number of fused-ring (bicyclic) bond motifs is 1. The first-order chi connectivity index (χ1) is 23.0. The lowest BCUT2D eigenvalue weighted by Gasteiger charge is -2.27. The highest BCUT2D eigenvalue weighted by Crippen LogP contribution is 2.32. The number of ether oxygens (including phenoxy) is 8. The summed E-state index contributed by atoms with van der Waals surface area (Å²) < 4.78 is 43.4. The van der Waals surface area contributed by atoms with Gasteiger partial charge in [-0.25, -0.2) is 0 Å². The standard InChI is InChI=1S/C31H46ClN3O12/c32-6-8-40-10-12-42-14-16-44-18-20-46-22-23-47-21-19-45-17-15-43-13-11-41-9-7-33-25-3-1-2-24-28(25)31(39)35(30(24)38)26-4-5-27(36)34-29(26)37/h1-3,26,33H,4-23H2,(H,34,36,37). The molecule has 2 aliphatic heterocycles. The van der Waals surface area contributed by atoms with E-state index in [-0.39, 0.29) is 24.0 Å². The maximum atomic E-state index is 13.1. The smallest absolute Gasteiger partial charge is 0.264 e. The molecule has 0 aromatic heterocycles. The summed E-state index contributed by atoms with van der Waals surface area (Å²) in [5.41, 5.74) is 0.913. The molecule has 2 aliphatic rings. The highest BCUT2D eigenvalue weighted by molar-refractivity contribution is 6.25. The molecule has 1 aromatic rings. The number of halogens is 1. The summed E-state index contributed by atoms with van der Waals surface area (Å²) in [6, 6.07) is 3.91. The molecule has 3 rings (SSSR count). The van der Waals surface area contributed by atoms with Gasteiger partial charge >= 0.3 is 0 Å². The van der Waals surface area contributed by atoms with E-state index in [0.29, 0.717) is 124 Å². The monoisotopic (exact) mass is 687 g/mol. The second-order valence-electron chi connectivity index (χ2n) is 10.2. The minimum Gasteiger partial charge on any atom is -0.382 e. The average Bonchev–Trinajstić information content (AvgIpc) is 3.32. The number of benzene rings is 1. The summed E-state index contributed by atoms with van der Waals surface area (Å²) in [6.45, 7) is 7.80. The van der Waals surface area contributed by atoms with Crippen molar-refractivity contribution in [2.45, 2.75) is 18.9 Å². The van der Waals surface area contributed by atoms with E-state index in [2.05, 4.69) is 10.6 Å². The first-order valence-electron chi connectivity index (χ1n) is 15.8. The third kappa shape index (κ3) is 14.1. The van der Waals surface area contributed by atoms with Crippen molar-refractivity contribution in [2.24, 2.45) is 0 Å². The number of carbonyl (C=O) groups excluding carboxylic acids is 4. The molecule has 16 heteroatoms. The summed E-state index contributed by atoms with van der Waals surface area (Å²) in [7, 11) is 0. The number of carbonyl (C=O) groups is 4. The first-order valence-corrected chi connectivity index (χ1v) is 16.3. The van der Waals surface area contributed by atoms with E-state index in [4.69, 9.17) is 49.5 Å². The number of hydrogen-bond donors (Lipinski definition) is 2. The van der Waals surface area contributed by atoms with Crippen LogP contribution in [0.25, 0.3) is 0 Å². The van der Waals surface area contributed by atoms with Gasteiger partial charge < -0.3 is 43.2 Å². The molecule has 0 saturated carbocycles. The van der Waals surface area contributed by atoms with Gasteiger partial charge in [0.25, 0.3) is 11.8 Å². The zero-order valence-electron chi connectivity index (χ0n) is 26.7. The summed E-state index contributed by atoms with van der Waals surface area (Å²) in [5.74, 6) is -1.68. The number of hydrogen-bond acceptors (Lipinski definition) is 13. The van der Waals surface area contributed by atoms with E-state index in [1.807, 2.05) is 0 Å². The molecule has 2 N–H and O–H groups in total. The van der Waals surface area contributed by atoms with Crippen LogP contribution in [0, 0.1) is 0 Å². The molecule has 264 valence electrons. The van der Waals surface area contributed by atoms with Crippen LogP contribution in [0.5, 0.6) is 0 Å². The van der Waals surface area contributed by atoms with Crippen molar-refractivity contribution in [2.75, 3.05) is 123 Å². The van der Waals surface area contributed by atoms with E-state index >= 15 is 0 Å². The second-order valence-corrected chi connectivity index (χ2v) is 10.6. The number of alkyl halides is 1.